The van der Waals surface area contributed by atoms with Crippen molar-refractivity contribution in [3.63, 3.8) is 0 Å². The van der Waals surface area contributed by atoms with Gasteiger partial charge in [0.05, 0.1) is 5.92 Å². The minimum Gasteiger partial charge on any atom is -0.481 e. The van der Waals surface area contributed by atoms with E-state index in [-0.39, 0.29) is 12.0 Å². The smallest absolute Gasteiger partial charge is 0.306 e. The molecule has 6 heteroatoms. The summed E-state index contributed by atoms with van der Waals surface area (Å²) in [4.78, 5) is 19.4. The summed E-state index contributed by atoms with van der Waals surface area (Å²) in [6, 6.07) is 2.67. The lowest BCUT2D eigenvalue weighted by Gasteiger charge is -2.33. The lowest BCUT2D eigenvalue weighted by atomic mass is 9.80. The van der Waals surface area contributed by atoms with Crippen LogP contribution in [0.5, 0.6) is 0 Å². The molecule has 0 aromatic carbocycles. The number of aliphatic carboxylic acids is 1. The SMILES string of the molecule is Cc1nc(NC2CC2)cc(NC2CC(C(=O)O)C2)n1. The fourth-order valence-electron chi connectivity index (χ4n) is 2.30. The summed E-state index contributed by atoms with van der Waals surface area (Å²) < 4.78 is 0. The summed E-state index contributed by atoms with van der Waals surface area (Å²) in [6.45, 7) is 1.87. The average Bonchev–Trinajstić information content (AvgIpc) is 3.05. The van der Waals surface area contributed by atoms with Crippen LogP contribution in [0.4, 0.5) is 11.6 Å². The number of anilines is 2. The fraction of sp³-hybridized carbons (Fsp3) is 0.615. The number of hydrogen-bond donors (Lipinski definition) is 3. The molecule has 0 spiro atoms. The molecule has 19 heavy (non-hydrogen) atoms. The van der Waals surface area contributed by atoms with Crippen LogP contribution in [-0.2, 0) is 4.79 Å². The van der Waals surface area contributed by atoms with E-state index in [9.17, 15) is 4.79 Å². The molecule has 0 aliphatic heterocycles. The molecule has 1 heterocycles. The second-order valence-electron chi connectivity index (χ2n) is 5.45. The Labute approximate surface area is 111 Å². The molecule has 0 atom stereocenters. The number of rotatable bonds is 5. The van der Waals surface area contributed by atoms with E-state index in [1.54, 1.807) is 0 Å². The Hall–Kier alpha value is -1.85. The monoisotopic (exact) mass is 262 g/mol. The van der Waals surface area contributed by atoms with Gasteiger partial charge in [-0.2, -0.15) is 0 Å². The van der Waals surface area contributed by atoms with Gasteiger partial charge >= 0.3 is 5.97 Å². The molecule has 3 N–H and O–H groups in total. The molecule has 102 valence electrons. The molecule has 0 unspecified atom stereocenters. The van der Waals surface area contributed by atoms with Crippen molar-refractivity contribution >= 4 is 17.6 Å². The van der Waals surface area contributed by atoms with Gasteiger partial charge in [-0.1, -0.05) is 0 Å². The van der Waals surface area contributed by atoms with Crippen molar-refractivity contribution in [2.45, 2.75) is 44.7 Å². The highest BCUT2D eigenvalue weighted by molar-refractivity contribution is 5.71. The van der Waals surface area contributed by atoms with Crippen LogP contribution in [0, 0.1) is 12.8 Å². The summed E-state index contributed by atoms with van der Waals surface area (Å²) in [5, 5.41) is 15.5. The third-order valence-corrected chi connectivity index (χ3v) is 3.61. The van der Waals surface area contributed by atoms with E-state index in [4.69, 9.17) is 5.11 Å². The highest BCUT2D eigenvalue weighted by Gasteiger charge is 2.34. The molecule has 2 aliphatic rings. The molecule has 0 radical (unpaired) electrons. The zero-order chi connectivity index (χ0) is 13.4. The van der Waals surface area contributed by atoms with Crippen LogP contribution in [0.3, 0.4) is 0 Å². The predicted molar refractivity (Wildman–Crippen MR) is 71.2 cm³/mol. The van der Waals surface area contributed by atoms with Crippen LogP contribution in [0.1, 0.15) is 31.5 Å². The van der Waals surface area contributed by atoms with Crippen LogP contribution in [0.2, 0.25) is 0 Å². The first-order valence-electron chi connectivity index (χ1n) is 6.72. The van der Waals surface area contributed by atoms with Gasteiger partial charge in [-0.05, 0) is 32.6 Å². The zero-order valence-corrected chi connectivity index (χ0v) is 10.9. The van der Waals surface area contributed by atoms with Gasteiger partial charge in [-0.25, -0.2) is 9.97 Å². The average molecular weight is 262 g/mol. The van der Waals surface area contributed by atoms with Crippen LogP contribution >= 0.6 is 0 Å². The van der Waals surface area contributed by atoms with E-state index in [0.29, 0.717) is 18.9 Å². The summed E-state index contributed by atoms with van der Waals surface area (Å²) in [5.41, 5.74) is 0. The van der Waals surface area contributed by atoms with Crippen LogP contribution < -0.4 is 10.6 Å². The summed E-state index contributed by atoms with van der Waals surface area (Å²) in [6.07, 6.45) is 3.75. The molecule has 6 nitrogen and oxygen atoms in total. The van der Waals surface area contributed by atoms with E-state index < -0.39 is 5.97 Å². The number of nitrogens with one attached hydrogen (secondary N) is 2. The van der Waals surface area contributed by atoms with Crippen LogP contribution in [-0.4, -0.2) is 33.1 Å². The van der Waals surface area contributed by atoms with Gasteiger partial charge < -0.3 is 15.7 Å². The van der Waals surface area contributed by atoms with Crippen LogP contribution in [0.15, 0.2) is 6.07 Å². The summed E-state index contributed by atoms with van der Waals surface area (Å²) in [7, 11) is 0. The number of carbonyl (C=O) groups is 1. The maximum atomic E-state index is 10.8. The van der Waals surface area contributed by atoms with Gasteiger partial charge in [-0.3, -0.25) is 4.79 Å². The Balaban J connectivity index is 1.61. The van der Waals surface area contributed by atoms with Crippen molar-refractivity contribution in [3.05, 3.63) is 11.9 Å². The van der Waals surface area contributed by atoms with E-state index in [1.807, 2.05) is 13.0 Å². The second-order valence-corrected chi connectivity index (χ2v) is 5.45. The Morgan fingerprint density at radius 2 is 1.79 bits per heavy atom. The van der Waals surface area contributed by atoms with Gasteiger partial charge in [0.2, 0.25) is 0 Å². The highest BCUT2D eigenvalue weighted by Crippen LogP contribution is 2.30. The maximum Gasteiger partial charge on any atom is 0.306 e. The van der Waals surface area contributed by atoms with E-state index in [1.165, 1.54) is 12.8 Å². The van der Waals surface area contributed by atoms with Crippen molar-refractivity contribution in [3.8, 4) is 0 Å². The third-order valence-electron chi connectivity index (χ3n) is 3.61. The second kappa shape index (κ2) is 4.68. The quantitative estimate of drug-likeness (QED) is 0.747. The normalized spacial score (nSPS) is 25.5. The maximum absolute atomic E-state index is 10.8. The van der Waals surface area contributed by atoms with Crippen molar-refractivity contribution in [1.82, 2.24) is 9.97 Å². The molecule has 2 aliphatic carbocycles. The molecule has 3 rings (SSSR count). The number of carboxylic acids is 1. The first kappa shape index (κ1) is 12.2. The largest absolute Gasteiger partial charge is 0.481 e. The Morgan fingerprint density at radius 1 is 1.21 bits per heavy atom. The van der Waals surface area contributed by atoms with E-state index in [0.717, 1.165) is 17.5 Å². The van der Waals surface area contributed by atoms with Crippen LogP contribution in [0.25, 0.3) is 0 Å². The fourth-order valence-corrected chi connectivity index (χ4v) is 2.30. The molecule has 0 saturated heterocycles. The molecule has 0 bridgehead atoms. The lowest BCUT2D eigenvalue weighted by Crippen LogP contribution is -2.39. The lowest BCUT2D eigenvalue weighted by molar-refractivity contribution is -0.144. The molecule has 1 aromatic rings. The predicted octanol–water partition coefficient (Wildman–Crippen LogP) is 1.63. The first-order valence-corrected chi connectivity index (χ1v) is 6.72. The molecular formula is C13H18N4O2. The minimum atomic E-state index is -0.701. The Kier molecular flexibility index (Phi) is 3.00. The standard InChI is InChI=1S/C13H18N4O2/c1-7-14-11(16-9-2-3-9)6-12(15-7)17-10-4-8(5-10)13(18)19/h6,8-10H,2-5H2,1H3,(H,18,19)(H2,14,15,16,17). The summed E-state index contributed by atoms with van der Waals surface area (Å²) in [5.74, 6) is 1.45. The molecule has 2 fully saturated rings. The zero-order valence-electron chi connectivity index (χ0n) is 10.9. The Morgan fingerprint density at radius 3 is 2.32 bits per heavy atom. The number of carboxylic acid groups (broad SMARTS) is 1. The highest BCUT2D eigenvalue weighted by atomic mass is 16.4. The third kappa shape index (κ3) is 2.94. The van der Waals surface area contributed by atoms with E-state index >= 15 is 0 Å². The van der Waals surface area contributed by atoms with Gasteiger partial charge in [-0.15, -0.1) is 0 Å². The van der Waals surface area contributed by atoms with Crippen molar-refractivity contribution < 1.29 is 9.90 Å². The van der Waals surface area contributed by atoms with Crippen molar-refractivity contribution in [2.24, 2.45) is 5.92 Å². The molecular weight excluding hydrogens is 244 g/mol. The molecule has 1 aromatic heterocycles. The minimum absolute atomic E-state index is 0.204. The number of aromatic nitrogens is 2. The Bertz CT molecular complexity index is 495. The summed E-state index contributed by atoms with van der Waals surface area (Å²) >= 11 is 0. The number of nitrogens with zero attached hydrogens (tertiary/aromatic N) is 2. The van der Waals surface area contributed by atoms with E-state index in [2.05, 4.69) is 20.6 Å². The molecule has 0 amide bonds. The molecule has 2 saturated carbocycles. The topological polar surface area (TPSA) is 87.1 Å². The number of aryl methyl sites for hydroxylation is 1. The van der Waals surface area contributed by atoms with Crippen molar-refractivity contribution in [2.75, 3.05) is 10.6 Å². The number of hydrogen-bond acceptors (Lipinski definition) is 5. The first-order chi connectivity index (χ1) is 9.10. The van der Waals surface area contributed by atoms with Gasteiger partial charge in [0, 0.05) is 18.2 Å². The van der Waals surface area contributed by atoms with Crippen molar-refractivity contribution in [1.29, 1.82) is 0 Å². The van der Waals surface area contributed by atoms with Gasteiger partial charge in [0.1, 0.15) is 17.5 Å². The van der Waals surface area contributed by atoms with Gasteiger partial charge in [0.25, 0.3) is 0 Å². The van der Waals surface area contributed by atoms with Gasteiger partial charge in [0.15, 0.2) is 0 Å².